The van der Waals surface area contributed by atoms with Crippen LogP contribution in [-0.4, -0.2) is 58.8 Å². The van der Waals surface area contributed by atoms with Crippen LogP contribution in [0.2, 0.25) is 0 Å². The monoisotopic (exact) mass is 497 g/mol. The van der Waals surface area contributed by atoms with E-state index in [-0.39, 0.29) is 0 Å². The third-order valence-corrected chi connectivity index (χ3v) is 8.35. The molecule has 0 bridgehead atoms. The molecule has 0 atom stereocenters. The molecular weight excluding hydrogens is 470 g/mol. The Labute approximate surface area is 213 Å². The molecule has 36 heavy (non-hydrogen) atoms. The second-order valence-corrected chi connectivity index (χ2v) is 10.6. The summed E-state index contributed by atoms with van der Waals surface area (Å²) in [6, 6.07) is 5.49. The quantitative estimate of drug-likeness (QED) is 0.350. The zero-order chi connectivity index (χ0) is 24.8. The van der Waals surface area contributed by atoms with E-state index in [1.54, 1.807) is 29.4 Å². The first-order chi connectivity index (χ1) is 17.5. The Kier molecular flexibility index (Phi) is 5.74. The lowest BCUT2D eigenvalue weighted by atomic mass is 9.90. The number of imidazole rings is 1. The van der Waals surface area contributed by atoms with Crippen molar-refractivity contribution in [2.45, 2.75) is 54.6 Å². The second-order valence-electron chi connectivity index (χ2n) is 9.59. The first-order valence-corrected chi connectivity index (χ1v) is 12.9. The van der Waals surface area contributed by atoms with Crippen LogP contribution in [0, 0.1) is 18.3 Å². The fraction of sp³-hybridized carbons (Fsp3) is 0.346. The Hall–Kier alpha value is -3.68. The highest BCUT2D eigenvalue weighted by atomic mass is 32.2. The maximum absolute atomic E-state index is 9.73. The van der Waals surface area contributed by atoms with Crippen molar-refractivity contribution >= 4 is 22.8 Å². The molecule has 9 nitrogen and oxygen atoms in total. The van der Waals surface area contributed by atoms with E-state index >= 15 is 0 Å². The number of hydrogen-bond donors (Lipinski definition) is 0. The fourth-order valence-electron chi connectivity index (χ4n) is 5.30. The SMILES string of the molecule is Cc1c(-c2cc(Sc3nccn4cncc34)c3c(C#N)cnn3c2)cnn1C1CCC(N(C)C)CC1. The average molecular weight is 498 g/mol. The molecule has 0 aliphatic heterocycles. The predicted octanol–water partition coefficient (Wildman–Crippen LogP) is 4.62. The molecular formula is C26H27N9S. The van der Waals surface area contributed by atoms with Gasteiger partial charge in [0.15, 0.2) is 0 Å². The van der Waals surface area contributed by atoms with Crippen LogP contribution >= 0.6 is 11.8 Å². The number of fused-ring (bicyclic) bond motifs is 2. The topological polar surface area (TPSA) is 92.3 Å². The Morgan fingerprint density at radius 2 is 1.94 bits per heavy atom. The first kappa shape index (κ1) is 22.8. The van der Waals surface area contributed by atoms with Crippen molar-refractivity contribution in [1.29, 1.82) is 5.26 Å². The lowest BCUT2D eigenvalue weighted by Gasteiger charge is -2.33. The van der Waals surface area contributed by atoms with E-state index in [1.165, 1.54) is 24.6 Å². The molecule has 0 unspecified atom stereocenters. The highest BCUT2D eigenvalue weighted by Crippen LogP contribution is 2.38. The maximum Gasteiger partial charge on any atom is 0.127 e. The van der Waals surface area contributed by atoms with E-state index in [4.69, 9.17) is 5.10 Å². The van der Waals surface area contributed by atoms with Crippen molar-refractivity contribution in [2.75, 3.05) is 14.1 Å². The van der Waals surface area contributed by atoms with Gasteiger partial charge in [-0.15, -0.1) is 0 Å². The number of rotatable bonds is 5. The van der Waals surface area contributed by atoms with Gasteiger partial charge in [-0.25, -0.2) is 14.5 Å². The minimum Gasteiger partial charge on any atom is -0.306 e. The molecule has 0 aromatic carbocycles. The van der Waals surface area contributed by atoms with E-state index < -0.39 is 0 Å². The van der Waals surface area contributed by atoms with E-state index in [2.05, 4.69) is 57.8 Å². The minimum absolute atomic E-state index is 0.422. The van der Waals surface area contributed by atoms with Gasteiger partial charge in [-0.2, -0.15) is 15.5 Å². The standard InChI is InChI=1S/C26H27N9S/c1-17-22(13-31-35(17)21-6-4-20(5-7-21)32(2)3)18-10-24(25-19(11-27)12-30-34(25)15-18)36-26-23-14-28-16-33(23)9-8-29-26/h8-10,12-16,20-21H,4-7H2,1-3H3. The van der Waals surface area contributed by atoms with Crippen LogP contribution in [0.4, 0.5) is 0 Å². The summed E-state index contributed by atoms with van der Waals surface area (Å²) in [6.45, 7) is 2.15. The molecule has 1 aliphatic rings. The number of nitriles is 1. The summed E-state index contributed by atoms with van der Waals surface area (Å²) in [4.78, 5) is 12.1. The predicted molar refractivity (Wildman–Crippen MR) is 138 cm³/mol. The van der Waals surface area contributed by atoms with Gasteiger partial charge in [0.1, 0.15) is 11.1 Å². The van der Waals surface area contributed by atoms with Crippen LogP contribution in [0.15, 0.2) is 59.5 Å². The smallest absolute Gasteiger partial charge is 0.127 e. The van der Waals surface area contributed by atoms with E-state index in [0.29, 0.717) is 17.6 Å². The lowest BCUT2D eigenvalue weighted by molar-refractivity contribution is 0.188. The third-order valence-electron chi connectivity index (χ3n) is 7.31. The van der Waals surface area contributed by atoms with E-state index in [9.17, 15) is 5.26 Å². The molecule has 0 saturated heterocycles. The lowest BCUT2D eigenvalue weighted by Crippen LogP contribution is -2.33. The van der Waals surface area contributed by atoms with Gasteiger partial charge in [0.05, 0.1) is 47.6 Å². The van der Waals surface area contributed by atoms with Gasteiger partial charge < -0.3 is 9.30 Å². The molecule has 0 spiro atoms. The normalized spacial score (nSPS) is 18.3. The molecule has 1 fully saturated rings. The van der Waals surface area contributed by atoms with Gasteiger partial charge in [-0.1, -0.05) is 11.8 Å². The van der Waals surface area contributed by atoms with Gasteiger partial charge >= 0.3 is 0 Å². The molecule has 10 heteroatoms. The average Bonchev–Trinajstić information content (AvgIpc) is 3.62. The van der Waals surface area contributed by atoms with Crippen LogP contribution in [-0.2, 0) is 0 Å². The third kappa shape index (κ3) is 3.85. The van der Waals surface area contributed by atoms with Crippen LogP contribution < -0.4 is 0 Å². The van der Waals surface area contributed by atoms with Crippen LogP contribution in [0.3, 0.4) is 0 Å². The molecule has 1 aliphatic carbocycles. The molecule has 0 N–H and O–H groups in total. The second kappa shape index (κ2) is 9.08. The highest BCUT2D eigenvalue weighted by molar-refractivity contribution is 7.99. The van der Waals surface area contributed by atoms with Gasteiger partial charge in [0.25, 0.3) is 0 Å². The van der Waals surface area contributed by atoms with Gasteiger partial charge in [0, 0.05) is 46.3 Å². The Morgan fingerprint density at radius 1 is 1.11 bits per heavy atom. The van der Waals surface area contributed by atoms with Crippen LogP contribution in [0.5, 0.6) is 0 Å². The summed E-state index contributed by atoms with van der Waals surface area (Å²) < 4.78 is 5.94. The van der Waals surface area contributed by atoms with Crippen molar-refractivity contribution in [1.82, 2.24) is 38.7 Å². The van der Waals surface area contributed by atoms with Crippen molar-refractivity contribution in [3.8, 4) is 17.2 Å². The number of aromatic nitrogens is 7. The Balaban J connectivity index is 1.40. The van der Waals surface area contributed by atoms with Crippen molar-refractivity contribution in [3.05, 3.63) is 60.8 Å². The summed E-state index contributed by atoms with van der Waals surface area (Å²) in [5, 5.41) is 19.9. The summed E-state index contributed by atoms with van der Waals surface area (Å²) >= 11 is 1.52. The number of nitrogens with zero attached hydrogens (tertiary/aromatic N) is 9. The summed E-state index contributed by atoms with van der Waals surface area (Å²) in [6.07, 6.45) is 17.4. The Morgan fingerprint density at radius 3 is 2.72 bits per heavy atom. The molecule has 0 radical (unpaired) electrons. The first-order valence-electron chi connectivity index (χ1n) is 12.1. The molecule has 6 rings (SSSR count). The molecule has 5 heterocycles. The maximum atomic E-state index is 9.73. The molecule has 1 saturated carbocycles. The van der Waals surface area contributed by atoms with Crippen molar-refractivity contribution in [3.63, 3.8) is 0 Å². The minimum atomic E-state index is 0.422. The van der Waals surface area contributed by atoms with Gasteiger partial charge in [-0.05, 0) is 52.8 Å². The molecule has 5 aromatic rings. The number of pyridine rings is 1. The fourth-order valence-corrected chi connectivity index (χ4v) is 6.37. The zero-order valence-electron chi connectivity index (χ0n) is 20.5. The van der Waals surface area contributed by atoms with Crippen LogP contribution in [0.1, 0.15) is 43.0 Å². The van der Waals surface area contributed by atoms with Crippen molar-refractivity contribution in [2.24, 2.45) is 0 Å². The summed E-state index contributed by atoms with van der Waals surface area (Å²) in [5.41, 5.74) is 5.49. The summed E-state index contributed by atoms with van der Waals surface area (Å²) in [5.74, 6) is 0. The molecule has 0 amide bonds. The van der Waals surface area contributed by atoms with E-state index in [1.807, 2.05) is 23.0 Å². The number of hydrogen-bond acceptors (Lipinski definition) is 7. The van der Waals surface area contributed by atoms with E-state index in [0.717, 1.165) is 50.6 Å². The van der Waals surface area contributed by atoms with Gasteiger partial charge in [0.2, 0.25) is 0 Å². The molecule has 182 valence electrons. The highest BCUT2D eigenvalue weighted by Gasteiger charge is 2.26. The summed E-state index contributed by atoms with van der Waals surface area (Å²) in [7, 11) is 4.34. The molecule has 5 aromatic heterocycles. The largest absolute Gasteiger partial charge is 0.306 e. The van der Waals surface area contributed by atoms with Crippen molar-refractivity contribution < 1.29 is 0 Å². The zero-order valence-corrected chi connectivity index (χ0v) is 21.4. The Bertz CT molecular complexity index is 1590. The van der Waals surface area contributed by atoms with Gasteiger partial charge in [-0.3, -0.25) is 4.68 Å². The van der Waals surface area contributed by atoms with Crippen LogP contribution in [0.25, 0.3) is 22.2 Å².